The lowest BCUT2D eigenvalue weighted by atomic mass is 10.2. The van der Waals surface area contributed by atoms with Gasteiger partial charge in [-0.1, -0.05) is 30.0 Å². The number of pyridine rings is 1. The van der Waals surface area contributed by atoms with Crippen LogP contribution in [-0.2, 0) is 22.7 Å². The van der Waals surface area contributed by atoms with Crippen LogP contribution in [0.25, 0.3) is 0 Å². The predicted octanol–water partition coefficient (Wildman–Crippen LogP) is 4.24. The lowest BCUT2D eigenvalue weighted by Crippen LogP contribution is -2.35. The number of furan rings is 1. The Morgan fingerprint density at radius 3 is 2.64 bits per heavy atom. The van der Waals surface area contributed by atoms with Crippen molar-refractivity contribution in [3.63, 3.8) is 0 Å². The molecule has 1 aliphatic heterocycles. The number of ether oxygens (including phenoxy) is 1. The fourth-order valence-corrected chi connectivity index (χ4v) is 4.61. The zero-order valence-corrected chi connectivity index (χ0v) is 19.4. The fraction of sp³-hybridized carbons (Fsp3) is 0.320. The summed E-state index contributed by atoms with van der Waals surface area (Å²) < 4.78 is 10.8. The topological polar surface area (TPSA) is 75.9 Å². The summed E-state index contributed by atoms with van der Waals surface area (Å²) in [5.41, 5.74) is 0.640. The third kappa shape index (κ3) is 6.46. The Balaban J connectivity index is 1.36. The molecule has 0 spiro atoms. The number of esters is 1. The zero-order valence-electron chi connectivity index (χ0n) is 18.6. The molecule has 4 rings (SSSR count). The van der Waals surface area contributed by atoms with Crippen molar-refractivity contribution in [3.05, 3.63) is 77.9 Å². The third-order valence-corrected chi connectivity index (χ3v) is 6.38. The molecule has 7 nitrogen and oxygen atoms in total. The summed E-state index contributed by atoms with van der Waals surface area (Å²) in [6, 6.07) is 17.4. The Labute approximate surface area is 197 Å². The summed E-state index contributed by atoms with van der Waals surface area (Å²) in [6.07, 6.45) is 2.61. The molecule has 0 N–H and O–H groups in total. The molecule has 0 saturated carbocycles. The second-order valence-corrected chi connectivity index (χ2v) is 8.90. The molecule has 1 saturated heterocycles. The van der Waals surface area contributed by atoms with Gasteiger partial charge in [0.25, 0.3) is 5.91 Å². The molecule has 0 atom stereocenters. The second kappa shape index (κ2) is 11.2. The van der Waals surface area contributed by atoms with Gasteiger partial charge < -0.3 is 14.1 Å². The molecule has 8 heteroatoms. The monoisotopic (exact) mass is 465 g/mol. The molecule has 33 heavy (non-hydrogen) atoms. The minimum Gasteiger partial charge on any atom is -0.461 e. The largest absolute Gasteiger partial charge is 0.461 e. The van der Waals surface area contributed by atoms with Crippen molar-refractivity contribution in [1.82, 2.24) is 14.8 Å². The number of carbonyl (C=O) groups is 2. The molecule has 172 valence electrons. The highest BCUT2D eigenvalue weighted by Crippen LogP contribution is 2.29. The minimum absolute atomic E-state index is 0.0186. The van der Waals surface area contributed by atoms with E-state index >= 15 is 0 Å². The van der Waals surface area contributed by atoms with E-state index in [1.165, 1.54) is 18.7 Å². The highest BCUT2D eigenvalue weighted by atomic mass is 32.2. The van der Waals surface area contributed by atoms with Crippen LogP contribution in [0.3, 0.4) is 0 Å². The molecule has 1 fully saturated rings. The third-order valence-electron chi connectivity index (χ3n) is 5.35. The highest BCUT2D eigenvalue weighted by Gasteiger charge is 2.23. The first-order valence-electron chi connectivity index (χ1n) is 11.0. The van der Waals surface area contributed by atoms with Crippen LogP contribution in [0, 0.1) is 0 Å². The number of nitrogens with zero attached hydrogens (tertiary/aromatic N) is 3. The molecule has 2 aromatic heterocycles. The van der Waals surface area contributed by atoms with Gasteiger partial charge in [-0.15, -0.1) is 0 Å². The molecule has 1 aromatic carbocycles. The summed E-state index contributed by atoms with van der Waals surface area (Å²) in [5.74, 6) is 1.15. The van der Waals surface area contributed by atoms with Crippen molar-refractivity contribution in [2.24, 2.45) is 0 Å². The summed E-state index contributed by atoms with van der Waals surface area (Å²) in [4.78, 5) is 34.1. The minimum atomic E-state index is -0.329. The van der Waals surface area contributed by atoms with Gasteiger partial charge in [-0.3, -0.25) is 14.5 Å². The molecule has 0 unspecified atom stereocenters. The normalized spacial score (nSPS) is 14.6. The van der Waals surface area contributed by atoms with Crippen molar-refractivity contribution in [3.8, 4) is 0 Å². The second-order valence-electron chi connectivity index (χ2n) is 7.84. The maximum Gasteiger partial charge on any atom is 0.303 e. The maximum atomic E-state index is 13.4. The van der Waals surface area contributed by atoms with E-state index in [-0.39, 0.29) is 18.5 Å². The van der Waals surface area contributed by atoms with Crippen LogP contribution in [-0.4, -0.2) is 52.8 Å². The van der Waals surface area contributed by atoms with E-state index in [9.17, 15) is 9.59 Å². The molecule has 3 heterocycles. The lowest BCUT2D eigenvalue weighted by Gasteiger charge is -2.22. The first-order chi connectivity index (χ1) is 16.1. The SMILES string of the molecule is CC(=O)OCc1ccc(CN2CCCN(C(=O)c3cccnc3Sc3ccccc3)CC2)o1. The van der Waals surface area contributed by atoms with E-state index in [2.05, 4.69) is 9.88 Å². The van der Waals surface area contributed by atoms with Gasteiger partial charge in [0.15, 0.2) is 0 Å². The van der Waals surface area contributed by atoms with Gasteiger partial charge in [0.1, 0.15) is 23.2 Å². The summed E-state index contributed by atoms with van der Waals surface area (Å²) in [7, 11) is 0. The van der Waals surface area contributed by atoms with Crippen LogP contribution in [0.2, 0.25) is 0 Å². The smallest absolute Gasteiger partial charge is 0.303 e. The Bertz CT molecular complexity index is 1090. The van der Waals surface area contributed by atoms with Crippen LogP contribution in [0.5, 0.6) is 0 Å². The van der Waals surface area contributed by atoms with Gasteiger partial charge >= 0.3 is 5.97 Å². The van der Waals surface area contributed by atoms with Gasteiger partial charge in [0.05, 0.1) is 12.1 Å². The van der Waals surface area contributed by atoms with Crippen molar-refractivity contribution in [1.29, 1.82) is 0 Å². The van der Waals surface area contributed by atoms with Gasteiger partial charge in [-0.05, 0) is 42.8 Å². The first-order valence-corrected chi connectivity index (χ1v) is 11.8. The van der Waals surface area contributed by atoms with Crippen molar-refractivity contribution in [2.45, 2.75) is 36.4 Å². The van der Waals surface area contributed by atoms with E-state index in [1.807, 2.05) is 59.5 Å². The Morgan fingerprint density at radius 2 is 1.82 bits per heavy atom. The van der Waals surface area contributed by atoms with E-state index in [1.54, 1.807) is 6.20 Å². The Kier molecular flexibility index (Phi) is 7.80. The van der Waals surface area contributed by atoms with Crippen molar-refractivity contribution in [2.75, 3.05) is 26.2 Å². The number of benzene rings is 1. The maximum absolute atomic E-state index is 13.4. The molecular weight excluding hydrogens is 438 g/mol. The highest BCUT2D eigenvalue weighted by molar-refractivity contribution is 7.99. The van der Waals surface area contributed by atoms with E-state index < -0.39 is 0 Å². The summed E-state index contributed by atoms with van der Waals surface area (Å²) >= 11 is 1.51. The van der Waals surface area contributed by atoms with Crippen molar-refractivity contribution >= 4 is 23.6 Å². The van der Waals surface area contributed by atoms with Gasteiger partial charge in [-0.2, -0.15) is 0 Å². The quantitative estimate of drug-likeness (QED) is 0.483. The molecular formula is C25H27N3O4S. The van der Waals surface area contributed by atoms with E-state index in [4.69, 9.17) is 9.15 Å². The average molecular weight is 466 g/mol. The van der Waals surface area contributed by atoms with Crippen LogP contribution in [0.15, 0.2) is 75.1 Å². The Hall–Kier alpha value is -3.10. The van der Waals surface area contributed by atoms with Crippen LogP contribution < -0.4 is 0 Å². The molecule has 0 bridgehead atoms. The molecule has 1 amide bonds. The van der Waals surface area contributed by atoms with Gasteiger partial charge in [0, 0.05) is 44.2 Å². The first kappa shape index (κ1) is 23.1. The summed E-state index contributed by atoms with van der Waals surface area (Å²) in [6.45, 7) is 5.16. The van der Waals surface area contributed by atoms with Crippen molar-refractivity contribution < 1.29 is 18.7 Å². The number of aromatic nitrogens is 1. The number of rotatable bonds is 7. The molecule has 3 aromatic rings. The molecule has 1 aliphatic rings. The predicted molar refractivity (Wildman–Crippen MR) is 125 cm³/mol. The molecule has 0 radical (unpaired) electrons. The number of hydrogen-bond donors (Lipinski definition) is 0. The lowest BCUT2D eigenvalue weighted by molar-refractivity contribution is -0.142. The van der Waals surface area contributed by atoms with E-state index in [0.717, 1.165) is 35.2 Å². The molecule has 0 aliphatic carbocycles. The standard InChI is InChI=1S/C25H27N3O4S/c1-19(29)31-18-21-11-10-20(32-21)17-27-13-6-14-28(16-15-27)25(30)23-9-5-12-26-24(23)33-22-7-3-2-4-8-22/h2-5,7-12H,6,13-18H2,1H3. The van der Waals surface area contributed by atoms with E-state index in [0.29, 0.717) is 31.0 Å². The average Bonchev–Trinajstić information content (AvgIpc) is 3.14. The van der Waals surface area contributed by atoms with Crippen LogP contribution in [0.1, 0.15) is 35.2 Å². The number of hydrogen-bond acceptors (Lipinski definition) is 7. The van der Waals surface area contributed by atoms with Gasteiger partial charge in [-0.25, -0.2) is 4.98 Å². The number of amides is 1. The Morgan fingerprint density at radius 1 is 1.00 bits per heavy atom. The number of carbonyl (C=O) groups excluding carboxylic acids is 2. The van der Waals surface area contributed by atoms with Crippen LogP contribution >= 0.6 is 11.8 Å². The fourth-order valence-electron chi connectivity index (χ4n) is 3.72. The summed E-state index contributed by atoms with van der Waals surface area (Å²) in [5, 5.41) is 0.727. The van der Waals surface area contributed by atoms with Crippen LogP contribution in [0.4, 0.5) is 0 Å². The van der Waals surface area contributed by atoms with Gasteiger partial charge in [0.2, 0.25) is 0 Å². The zero-order chi connectivity index (χ0) is 23.0.